The highest BCUT2D eigenvalue weighted by Gasteiger charge is 2.48. The van der Waals surface area contributed by atoms with E-state index in [1.165, 1.54) is 0 Å². The number of piperazine rings is 2. The molecule has 1 saturated carbocycles. The molecule has 4 amide bonds. The number of fused-ring (bicyclic) bond motifs is 5. The molecular weight excluding hydrogens is 1030 g/mol. The average molecular weight is 1100 g/mol. The molecule has 424 valence electrons. The number of likely N-dealkylation sites (tertiary alicyclic amines) is 1. The van der Waals surface area contributed by atoms with Crippen LogP contribution in [0.5, 0.6) is 11.8 Å². The van der Waals surface area contributed by atoms with Gasteiger partial charge in [-0.15, -0.1) is 0 Å². The molecule has 5 aromatic rings. The van der Waals surface area contributed by atoms with Crippen LogP contribution in [0.25, 0.3) is 32.9 Å². The zero-order chi connectivity index (χ0) is 55.7. The Morgan fingerprint density at radius 1 is 0.850 bits per heavy atom. The molecule has 2 bridgehead atoms. The zero-order valence-corrected chi connectivity index (χ0v) is 46.5. The molecule has 6 fully saturated rings. The number of nitrogens with zero attached hydrogens (tertiary/aromatic N) is 9. The maximum atomic E-state index is 17.7. The summed E-state index contributed by atoms with van der Waals surface area (Å²) in [5.74, 6) is -0.506. The smallest absolute Gasteiger partial charge is 0.410 e. The lowest BCUT2D eigenvalue weighted by Crippen LogP contribution is -2.57. The SMILES string of the molecule is CCc1cccc2cc(OCOC)cc(-c3ncc4c(N5CC6CCC(C5)N6C(=O)OC(C)(C)C)nc(OCC5(CN6CCC(F)(CN7CCN(c8ccc9c(c8)CN([C@H]8CCC(=O)NC8=O)C9=O)CC7)CC6)CC5)nc4c3F)c12. The summed E-state index contributed by atoms with van der Waals surface area (Å²) in [5.41, 5.74) is 2.15. The predicted octanol–water partition coefficient (Wildman–Crippen LogP) is 7.66. The number of benzene rings is 3. The lowest BCUT2D eigenvalue weighted by Gasteiger charge is -2.43. The number of imide groups is 1. The predicted molar refractivity (Wildman–Crippen MR) is 297 cm³/mol. The highest BCUT2D eigenvalue weighted by molar-refractivity contribution is 6.06. The molecule has 2 unspecified atom stereocenters. The first-order chi connectivity index (χ1) is 38.5. The number of halogens is 2. The molecule has 5 saturated heterocycles. The van der Waals surface area contributed by atoms with Crippen molar-refractivity contribution in [1.82, 2.24) is 39.9 Å². The number of rotatable bonds is 15. The molecule has 1 N–H and O–H groups in total. The minimum atomic E-state index is -1.31. The van der Waals surface area contributed by atoms with Crippen LogP contribution in [0.4, 0.5) is 25.1 Å². The number of ether oxygens (including phenoxy) is 4. The first kappa shape index (κ1) is 53.9. The molecule has 0 radical (unpaired) electrons. The summed E-state index contributed by atoms with van der Waals surface area (Å²) in [6, 6.07) is 14.7. The Hall–Kier alpha value is -6.77. The van der Waals surface area contributed by atoms with Crippen LogP contribution in [0.1, 0.15) is 101 Å². The quantitative estimate of drug-likeness (QED) is 0.0799. The number of alkyl halides is 1. The monoisotopic (exact) mass is 1100 g/mol. The van der Waals surface area contributed by atoms with E-state index in [4.69, 9.17) is 33.9 Å². The van der Waals surface area contributed by atoms with Gasteiger partial charge in [0.1, 0.15) is 40.1 Å². The van der Waals surface area contributed by atoms with Crippen LogP contribution >= 0.6 is 0 Å². The second kappa shape index (κ2) is 21.3. The normalized spacial score (nSPS) is 23.0. The lowest BCUT2D eigenvalue weighted by molar-refractivity contribution is -0.136. The fraction of sp³-hybridized carbons (Fsp3) is 0.550. The van der Waals surface area contributed by atoms with E-state index in [-0.39, 0.29) is 65.8 Å². The highest BCUT2D eigenvalue weighted by atomic mass is 19.1. The molecule has 1 aliphatic carbocycles. The Bertz CT molecular complexity index is 3230. The van der Waals surface area contributed by atoms with E-state index >= 15 is 8.78 Å². The molecule has 12 rings (SSSR count). The van der Waals surface area contributed by atoms with Crippen molar-refractivity contribution in [1.29, 1.82) is 0 Å². The summed E-state index contributed by atoms with van der Waals surface area (Å²) in [4.78, 5) is 78.3. The number of aryl methyl sites for hydroxylation is 1. The van der Waals surface area contributed by atoms with Gasteiger partial charge in [-0.3, -0.25) is 34.5 Å². The summed E-state index contributed by atoms with van der Waals surface area (Å²) in [6.07, 6.45) is 6.90. The third-order valence-corrected chi connectivity index (χ3v) is 17.6. The van der Waals surface area contributed by atoms with E-state index < -0.39 is 29.0 Å². The second-order valence-corrected chi connectivity index (χ2v) is 24.3. The number of anilines is 2. The molecule has 3 aromatic carbocycles. The van der Waals surface area contributed by atoms with Gasteiger partial charge in [0.2, 0.25) is 11.8 Å². The van der Waals surface area contributed by atoms with E-state index in [1.54, 1.807) is 18.2 Å². The highest BCUT2D eigenvalue weighted by Crippen LogP contribution is 2.48. The Morgan fingerprint density at radius 2 is 1.60 bits per heavy atom. The van der Waals surface area contributed by atoms with Crippen molar-refractivity contribution in [2.45, 2.75) is 121 Å². The summed E-state index contributed by atoms with van der Waals surface area (Å²) in [7, 11) is 1.55. The fourth-order valence-electron chi connectivity index (χ4n) is 13.2. The van der Waals surface area contributed by atoms with Crippen LogP contribution in [0.15, 0.2) is 54.7 Å². The van der Waals surface area contributed by atoms with Crippen molar-refractivity contribution in [3.8, 4) is 23.0 Å². The number of hydrogen-bond acceptors (Lipinski definition) is 15. The van der Waals surface area contributed by atoms with Crippen LogP contribution in [0.3, 0.4) is 0 Å². The Morgan fingerprint density at radius 3 is 2.30 bits per heavy atom. The van der Waals surface area contributed by atoms with Crippen LogP contribution in [0.2, 0.25) is 0 Å². The van der Waals surface area contributed by atoms with Crippen LogP contribution < -0.4 is 24.6 Å². The maximum Gasteiger partial charge on any atom is 0.410 e. The number of hydrogen-bond donors (Lipinski definition) is 1. The lowest BCUT2D eigenvalue weighted by atomic mass is 9.91. The van der Waals surface area contributed by atoms with Gasteiger partial charge in [-0.1, -0.05) is 25.1 Å². The first-order valence-corrected chi connectivity index (χ1v) is 28.6. The summed E-state index contributed by atoms with van der Waals surface area (Å²) in [6.45, 7) is 14.5. The minimum absolute atomic E-state index is 0.0194. The van der Waals surface area contributed by atoms with Gasteiger partial charge in [0.05, 0.1) is 24.1 Å². The van der Waals surface area contributed by atoms with Gasteiger partial charge in [0, 0.05) is 114 Å². The molecular formula is C60H72F2N10O8. The molecule has 18 nitrogen and oxygen atoms in total. The van der Waals surface area contributed by atoms with Gasteiger partial charge in [-0.25, -0.2) is 13.6 Å². The van der Waals surface area contributed by atoms with Gasteiger partial charge < -0.3 is 38.5 Å². The number of carbonyl (C=O) groups is 4. The Kier molecular flexibility index (Phi) is 14.3. The van der Waals surface area contributed by atoms with E-state index in [9.17, 15) is 19.2 Å². The number of carbonyl (C=O) groups excluding carboxylic acids is 4. The third-order valence-electron chi connectivity index (χ3n) is 17.6. The number of pyridine rings is 1. The summed E-state index contributed by atoms with van der Waals surface area (Å²) >= 11 is 0. The summed E-state index contributed by atoms with van der Waals surface area (Å²) in [5, 5.41) is 4.57. The first-order valence-electron chi connectivity index (χ1n) is 28.6. The van der Waals surface area contributed by atoms with Crippen molar-refractivity contribution in [3.63, 3.8) is 0 Å². The number of piperidine rings is 2. The van der Waals surface area contributed by atoms with E-state index in [0.717, 1.165) is 79.3 Å². The van der Waals surface area contributed by atoms with Gasteiger partial charge in [-0.05, 0) is 124 Å². The third kappa shape index (κ3) is 10.7. The van der Waals surface area contributed by atoms with Crippen molar-refractivity contribution >= 4 is 57.0 Å². The molecule has 8 heterocycles. The second-order valence-electron chi connectivity index (χ2n) is 24.3. The van der Waals surface area contributed by atoms with E-state index in [1.807, 2.05) is 74.2 Å². The van der Waals surface area contributed by atoms with Gasteiger partial charge in [0.25, 0.3) is 5.91 Å². The van der Waals surface area contributed by atoms with Crippen molar-refractivity contribution in [2.75, 3.05) is 95.8 Å². The summed E-state index contributed by atoms with van der Waals surface area (Å²) < 4.78 is 58.1. The number of methoxy groups -OCH3 is 1. The molecule has 7 aliphatic rings. The van der Waals surface area contributed by atoms with Crippen LogP contribution in [-0.4, -0.2) is 174 Å². The van der Waals surface area contributed by atoms with Gasteiger partial charge in [0.15, 0.2) is 12.6 Å². The molecule has 0 spiro atoms. The maximum absolute atomic E-state index is 17.7. The Labute approximate surface area is 465 Å². The van der Waals surface area contributed by atoms with E-state index in [0.29, 0.717) is 106 Å². The fourth-order valence-corrected chi connectivity index (χ4v) is 13.2. The molecule has 20 heteroatoms. The molecule has 6 aliphatic heterocycles. The average Bonchev–Trinajstić information content (AvgIpc) is 4.09. The van der Waals surface area contributed by atoms with Crippen LogP contribution in [-0.2, 0) is 32.0 Å². The van der Waals surface area contributed by atoms with E-state index in [2.05, 4.69) is 31.8 Å². The number of amides is 4. The molecule has 3 atom stereocenters. The van der Waals surface area contributed by atoms with Gasteiger partial charge in [-0.2, -0.15) is 9.97 Å². The Balaban J connectivity index is 0.719. The molecule has 80 heavy (non-hydrogen) atoms. The van der Waals surface area contributed by atoms with Crippen molar-refractivity contribution in [2.24, 2.45) is 5.41 Å². The largest absolute Gasteiger partial charge is 0.468 e. The van der Waals surface area contributed by atoms with Gasteiger partial charge >= 0.3 is 12.1 Å². The zero-order valence-electron chi connectivity index (χ0n) is 46.5. The topological polar surface area (TPSA) is 175 Å². The molecule has 2 aromatic heterocycles. The van der Waals surface area contributed by atoms with Crippen LogP contribution in [0, 0.1) is 11.2 Å². The standard InChI is InChI=1S/C60H72F2N10O8/c1-6-37-8-7-9-38-27-43(79-36-77-5)28-45(49(37)38)51-50(61)52-46(29-63-51)53(70-31-41-10-11-42(32-70)72(41)57(76)80-58(2,3)4)66-56(65-52)78-35-59(16-17-59)33-67-20-18-60(62,19-21-67)34-68-22-24-69(25-23-68)40-12-13-44-39(26-40)30-71(55(44)75)47-14-15-48(73)64-54(47)74/h7-9,12-13,26-29,41-42,47H,6,10-11,14-25,30-36H2,1-5H3,(H,64,73,74)/t41?,42?,47-/m0/s1. The number of nitrogens with one attached hydrogen (secondary N) is 1. The van der Waals surface area contributed by atoms with Crippen molar-refractivity contribution < 1.29 is 46.9 Å². The minimum Gasteiger partial charge on any atom is -0.468 e. The number of aromatic nitrogens is 3. The van der Waals surface area contributed by atoms with Crippen molar-refractivity contribution in [3.05, 3.63) is 77.2 Å².